The average molecular weight is 230 g/mol. The zero-order valence-corrected chi connectivity index (χ0v) is 8.15. The lowest BCUT2D eigenvalue weighted by Crippen LogP contribution is -2.33. The smallest absolute Gasteiger partial charge is 0.382 e. The van der Waals surface area contributed by atoms with Crippen molar-refractivity contribution in [2.45, 2.75) is 18.8 Å². The maximum Gasteiger partial charge on any atom is 0.416 e. The van der Waals surface area contributed by atoms with Gasteiger partial charge in [0.15, 0.2) is 6.10 Å². The van der Waals surface area contributed by atoms with Gasteiger partial charge < -0.3 is 5.11 Å². The quantitative estimate of drug-likeness (QED) is 0.856. The van der Waals surface area contributed by atoms with Crippen LogP contribution in [0.25, 0.3) is 10.9 Å². The summed E-state index contributed by atoms with van der Waals surface area (Å²) in [5, 5.41) is 13.5. The van der Waals surface area contributed by atoms with Gasteiger partial charge in [-0.2, -0.15) is 18.3 Å². The van der Waals surface area contributed by atoms with E-state index in [1.54, 1.807) is 24.3 Å². The van der Waals surface area contributed by atoms with E-state index in [-0.39, 0.29) is 0 Å². The van der Waals surface area contributed by atoms with E-state index in [4.69, 9.17) is 5.11 Å². The Bertz CT molecular complexity index is 492. The summed E-state index contributed by atoms with van der Waals surface area (Å²) in [6.07, 6.45) is -5.54. The van der Waals surface area contributed by atoms with E-state index in [9.17, 15) is 13.2 Å². The molecule has 2 aromatic rings. The monoisotopic (exact) mass is 230 g/mol. The molecule has 1 atom stereocenters. The number of benzene rings is 1. The SMILES string of the molecule is OC(Cn1ncc2ccccc21)C(F)(F)F. The Morgan fingerprint density at radius 2 is 2.00 bits per heavy atom. The number of alkyl halides is 3. The van der Waals surface area contributed by atoms with Gasteiger partial charge in [0.2, 0.25) is 0 Å². The van der Waals surface area contributed by atoms with E-state index in [0.29, 0.717) is 5.52 Å². The van der Waals surface area contributed by atoms with E-state index in [1.165, 1.54) is 6.20 Å². The maximum atomic E-state index is 12.2. The van der Waals surface area contributed by atoms with Gasteiger partial charge in [0.1, 0.15) is 0 Å². The third kappa shape index (κ3) is 2.01. The van der Waals surface area contributed by atoms with Gasteiger partial charge in [-0.15, -0.1) is 0 Å². The molecule has 0 saturated heterocycles. The summed E-state index contributed by atoms with van der Waals surface area (Å²) in [6, 6.07) is 6.89. The van der Waals surface area contributed by atoms with Gasteiger partial charge in [-0.1, -0.05) is 18.2 Å². The Balaban J connectivity index is 2.28. The number of hydrogen-bond donors (Lipinski definition) is 1. The first-order chi connectivity index (χ1) is 7.48. The van der Waals surface area contributed by atoms with Crippen molar-refractivity contribution in [1.29, 1.82) is 0 Å². The molecule has 0 saturated carbocycles. The van der Waals surface area contributed by atoms with E-state index in [1.807, 2.05) is 0 Å². The first kappa shape index (κ1) is 10.9. The van der Waals surface area contributed by atoms with E-state index in [0.717, 1.165) is 10.1 Å². The molecule has 1 aromatic heterocycles. The van der Waals surface area contributed by atoms with Gasteiger partial charge in [-0.25, -0.2) is 0 Å². The zero-order valence-electron chi connectivity index (χ0n) is 8.15. The highest BCUT2D eigenvalue weighted by molar-refractivity contribution is 5.78. The van der Waals surface area contributed by atoms with Crippen molar-refractivity contribution in [3.63, 3.8) is 0 Å². The van der Waals surface area contributed by atoms with E-state index in [2.05, 4.69) is 5.10 Å². The van der Waals surface area contributed by atoms with E-state index >= 15 is 0 Å². The average Bonchev–Trinajstić information content (AvgIpc) is 2.61. The molecule has 0 aliphatic carbocycles. The van der Waals surface area contributed by atoms with Crippen LogP contribution in [-0.2, 0) is 6.54 Å². The number of aliphatic hydroxyl groups is 1. The molecule has 6 heteroatoms. The molecule has 0 aliphatic heterocycles. The number of hydrogen-bond acceptors (Lipinski definition) is 2. The van der Waals surface area contributed by atoms with Gasteiger partial charge >= 0.3 is 6.18 Å². The zero-order chi connectivity index (χ0) is 11.8. The summed E-state index contributed by atoms with van der Waals surface area (Å²) >= 11 is 0. The molecular formula is C10H9F3N2O. The summed E-state index contributed by atoms with van der Waals surface area (Å²) in [4.78, 5) is 0. The van der Waals surface area contributed by atoms with Crippen LogP contribution in [0.5, 0.6) is 0 Å². The second-order valence-corrected chi connectivity index (χ2v) is 3.44. The summed E-state index contributed by atoms with van der Waals surface area (Å²) in [5.74, 6) is 0. The number of rotatable bonds is 2. The predicted molar refractivity (Wildman–Crippen MR) is 51.8 cm³/mol. The molecule has 0 bridgehead atoms. The third-order valence-corrected chi connectivity index (χ3v) is 2.27. The number of aromatic nitrogens is 2. The lowest BCUT2D eigenvalue weighted by molar-refractivity contribution is -0.207. The van der Waals surface area contributed by atoms with Gasteiger partial charge in [-0.05, 0) is 6.07 Å². The highest BCUT2D eigenvalue weighted by atomic mass is 19.4. The third-order valence-electron chi connectivity index (χ3n) is 2.27. The Labute approximate surface area is 89.1 Å². The summed E-state index contributed by atoms with van der Waals surface area (Å²) in [6.45, 7) is -0.586. The van der Waals surface area contributed by atoms with Crippen LogP contribution < -0.4 is 0 Å². The predicted octanol–water partition coefficient (Wildman–Crippen LogP) is 1.96. The molecule has 0 amide bonds. The normalized spacial score (nSPS) is 14.2. The van der Waals surface area contributed by atoms with Gasteiger partial charge in [-0.3, -0.25) is 4.68 Å². The minimum atomic E-state index is -4.62. The fraction of sp³-hybridized carbons (Fsp3) is 0.300. The van der Waals surface area contributed by atoms with Gasteiger partial charge in [0, 0.05) is 5.39 Å². The second kappa shape index (κ2) is 3.79. The minimum Gasteiger partial charge on any atom is -0.382 e. The van der Waals surface area contributed by atoms with Crippen LogP contribution in [0, 0.1) is 0 Å². The van der Waals surface area contributed by atoms with Gasteiger partial charge in [0.25, 0.3) is 0 Å². The van der Waals surface area contributed by atoms with Gasteiger partial charge in [0.05, 0.1) is 18.3 Å². The largest absolute Gasteiger partial charge is 0.416 e. The first-order valence-electron chi connectivity index (χ1n) is 4.64. The highest BCUT2D eigenvalue weighted by Gasteiger charge is 2.38. The Morgan fingerprint density at radius 3 is 2.69 bits per heavy atom. The van der Waals surface area contributed by atoms with Crippen LogP contribution in [0.1, 0.15) is 0 Å². The molecule has 0 radical (unpaired) electrons. The molecule has 1 heterocycles. The van der Waals surface area contributed by atoms with Crippen molar-refractivity contribution >= 4 is 10.9 Å². The molecule has 16 heavy (non-hydrogen) atoms. The number of nitrogens with zero attached hydrogens (tertiary/aromatic N) is 2. The lowest BCUT2D eigenvalue weighted by atomic mass is 10.2. The fourth-order valence-corrected chi connectivity index (χ4v) is 1.44. The van der Waals surface area contributed by atoms with E-state index < -0.39 is 18.8 Å². The Hall–Kier alpha value is -1.56. The second-order valence-electron chi connectivity index (χ2n) is 3.44. The van der Waals surface area contributed by atoms with Crippen molar-refractivity contribution in [1.82, 2.24) is 9.78 Å². The van der Waals surface area contributed by atoms with Crippen LogP contribution in [0.4, 0.5) is 13.2 Å². The number of fused-ring (bicyclic) bond motifs is 1. The number of aliphatic hydroxyl groups excluding tert-OH is 1. The number of halogens is 3. The Morgan fingerprint density at radius 1 is 1.31 bits per heavy atom. The standard InChI is InChI=1S/C10H9F3N2O/c11-10(12,13)9(16)6-15-8-4-2-1-3-7(8)5-14-15/h1-5,9,16H,6H2. The summed E-state index contributed by atoms with van der Waals surface area (Å²) < 4.78 is 37.6. The molecule has 0 spiro atoms. The molecule has 0 aliphatic rings. The molecule has 3 nitrogen and oxygen atoms in total. The van der Waals surface area contributed by atoms with Crippen molar-refractivity contribution < 1.29 is 18.3 Å². The minimum absolute atomic E-state index is 0.575. The summed E-state index contributed by atoms with van der Waals surface area (Å²) in [7, 11) is 0. The lowest BCUT2D eigenvalue weighted by Gasteiger charge is -2.14. The summed E-state index contributed by atoms with van der Waals surface area (Å²) in [5.41, 5.74) is 0.575. The maximum absolute atomic E-state index is 12.2. The van der Waals surface area contributed by atoms with Crippen LogP contribution in [0.3, 0.4) is 0 Å². The van der Waals surface area contributed by atoms with Crippen LogP contribution >= 0.6 is 0 Å². The van der Waals surface area contributed by atoms with Crippen molar-refractivity contribution in [2.75, 3.05) is 0 Å². The molecule has 2 rings (SSSR count). The van der Waals surface area contributed by atoms with Crippen LogP contribution in [-0.4, -0.2) is 27.2 Å². The fourth-order valence-electron chi connectivity index (χ4n) is 1.44. The molecule has 86 valence electrons. The van der Waals surface area contributed by atoms with Crippen LogP contribution in [0.2, 0.25) is 0 Å². The first-order valence-corrected chi connectivity index (χ1v) is 4.64. The molecule has 1 N–H and O–H groups in total. The molecule has 1 unspecified atom stereocenters. The Kier molecular flexibility index (Phi) is 2.59. The topological polar surface area (TPSA) is 38.0 Å². The highest BCUT2D eigenvalue weighted by Crippen LogP contribution is 2.22. The van der Waals surface area contributed by atoms with Crippen LogP contribution in [0.15, 0.2) is 30.5 Å². The molecule has 0 fully saturated rings. The van der Waals surface area contributed by atoms with Crippen molar-refractivity contribution in [3.05, 3.63) is 30.5 Å². The van der Waals surface area contributed by atoms with Crippen molar-refractivity contribution in [2.24, 2.45) is 0 Å². The molecule has 1 aromatic carbocycles. The molecular weight excluding hydrogens is 221 g/mol. The van der Waals surface area contributed by atoms with Crippen molar-refractivity contribution in [3.8, 4) is 0 Å². The number of para-hydroxylation sites is 1.